The van der Waals surface area contributed by atoms with Gasteiger partial charge in [-0.3, -0.25) is 0 Å². The van der Waals surface area contributed by atoms with Crippen molar-refractivity contribution in [3.05, 3.63) is 75.5 Å². The van der Waals surface area contributed by atoms with E-state index in [9.17, 15) is 13.2 Å². The Morgan fingerprint density at radius 2 is 1.79 bits per heavy atom. The van der Waals surface area contributed by atoms with Crippen molar-refractivity contribution < 1.29 is 26.8 Å². The van der Waals surface area contributed by atoms with E-state index >= 15 is 0 Å². The molecule has 1 saturated heterocycles. The van der Waals surface area contributed by atoms with Crippen molar-refractivity contribution >= 4 is 51.2 Å². The normalized spacial score (nSPS) is 20.4. The number of methoxy groups -OCH3 is 1. The Balaban J connectivity index is 1.64. The van der Waals surface area contributed by atoms with Crippen LogP contribution in [-0.2, 0) is 21.6 Å². The van der Waals surface area contributed by atoms with E-state index in [1.165, 1.54) is 14.1 Å². The van der Waals surface area contributed by atoms with Crippen LogP contribution in [0.5, 0.6) is 5.75 Å². The first-order valence-electron chi connectivity index (χ1n) is 13.5. The number of hydrogen-bond acceptors (Lipinski definition) is 7. The number of amides is 1. The van der Waals surface area contributed by atoms with Gasteiger partial charge in [-0.1, -0.05) is 41.8 Å². The van der Waals surface area contributed by atoms with Crippen molar-refractivity contribution in [1.82, 2.24) is 24.5 Å². The molecule has 2 aliphatic heterocycles. The topological polar surface area (TPSA) is 106 Å². The van der Waals surface area contributed by atoms with Crippen molar-refractivity contribution in [1.29, 1.82) is 0 Å². The summed E-state index contributed by atoms with van der Waals surface area (Å²) in [5.41, 5.74) is 5.87. The second kappa shape index (κ2) is 12.2. The molecular weight excluding hydrogens is 603 g/mol. The zero-order valence-corrected chi connectivity index (χ0v) is 25.9. The molecule has 224 valence electrons. The molecule has 42 heavy (non-hydrogen) atoms. The van der Waals surface area contributed by atoms with Gasteiger partial charge in [-0.05, 0) is 58.9 Å². The van der Waals surface area contributed by atoms with E-state index in [4.69, 9.17) is 32.8 Å². The number of carbonyl (C=O) groups excluding carboxylic acids is 1. The summed E-state index contributed by atoms with van der Waals surface area (Å²) in [5.74, 6) is 0.678. The molecule has 3 aromatic rings. The van der Waals surface area contributed by atoms with Crippen LogP contribution >= 0.6 is 23.2 Å². The van der Waals surface area contributed by atoms with Gasteiger partial charge in [0.2, 0.25) is 0 Å². The molecule has 0 aliphatic carbocycles. The van der Waals surface area contributed by atoms with Crippen molar-refractivity contribution in [3.63, 3.8) is 0 Å². The fraction of sp³-hybridized carbons (Fsp3) is 0.357. The lowest BCUT2D eigenvalue weighted by Gasteiger charge is -2.38. The summed E-state index contributed by atoms with van der Waals surface area (Å²) in [6.45, 7) is 0.964. The molecule has 3 heterocycles. The number of aromatic nitrogens is 2. The van der Waals surface area contributed by atoms with Crippen LogP contribution in [-0.4, -0.2) is 78.5 Å². The molecule has 5 rings (SSSR count). The first kappa shape index (κ1) is 30.3. The fourth-order valence-electron chi connectivity index (χ4n) is 5.22. The summed E-state index contributed by atoms with van der Waals surface area (Å²) in [5, 5.41) is 7.20. The van der Waals surface area contributed by atoms with Crippen LogP contribution in [0.15, 0.2) is 48.7 Å². The number of quaternary nitrogens is 1. The predicted octanol–water partition coefficient (Wildman–Crippen LogP) is 4.91. The molecule has 1 fully saturated rings. The van der Waals surface area contributed by atoms with Gasteiger partial charge in [0.15, 0.2) is 13.1 Å². The molecule has 1 unspecified atom stereocenters. The monoisotopic (exact) mass is 635 g/mol. The quantitative estimate of drug-likeness (QED) is 0.368. The molecule has 14 heteroatoms. The summed E-state index contributed by atoms with van der Waals surface area (Å²) < 4.78 is 34.9. The molecule has 0 spiro atoms. The summed E-state index contributed by atoms with van der Waals surface area (Å²) in [7, 11) is 0.200. The number of fused-ring (bicyclic) bond motifs is 1. The Hall–Kier alpha value is -3.13. The number of hydrogen-bond donors (Lipinski definition) is 1. The Labute approximate surface area is 255 Å². The van der Waals surface area contributed by atoms with Crippen molar-refractivity contribution in [2.45, 2.75) is 25.8 Å². The average Bonchev–Trinajstić information content (AvgIpc) is 3.37. The number of nitrogens with one attached hydrogen (secondary N) is 1. The smallest absolute Gasteiger partial charge is 0.477 e. The number of carbonyl (C=O) groups is 1. The maximum atomic E-state index is 14.0. The Bertz CT molecular complexity index is 1600. The van der Waals surface area contributed by atoms with Gasteiger partial charge in [0.05, 0.1) is 35.3 Å². The zero-order valence-electron chi connectivity index (χ0n) is 23.6. The van der Waals surface area contributed by atoms with Gasteiger partial charge in [-0.15, -0.1) is 0 Å². The van der Waals surface area contributed by atoms with Crippen LogP contribution in [0.4, 0.5) is 4.79 Å². The lowest BCUT2D eigenvalue weighted by molar-refractivity contribution is -0.995. The molecule has 0 radical (unpaired) electrons. The number of nitrogens with zero attached hydrogens (tertiary/aromatic N) is 5. The van der Waals surface area contributed by atoms with Gasteiger partial charge in [-0.25, -0.2) is 24.7 Å². The second-order valence-electron chi connectivity index (χ2n) is 10.4. The Morgan fingerprint density at radius 3 is 2.43 bits per heavy atom. The number of hydrazine groups is 1. The predicted molar refractivity (Wildman–Crippen MR) is 161 cm³/mol. The molecule has 0 saturated carbocycles. The van der Waals surface area contributed by atoms with E-state index < -0.39 is 20.4 Å². The number of rotatable bonds is 7. The van der Waals surface area contributed by atoms with Crippen LogP contribution in [0.3, 0.4) is 0 Å². The largest absolute Gasteiger partial charge is 0.497 e. The second-order valence-corrected chi connectivity index (χ2v) is 13.5. The third kappa shape index (κ3) is 6.01. The first-order valence-corrected chi connectivity index (χ1v) is 15.6. The van der Waals surface area contributed by atoms with E-state index in [2.05, 4.69) is 10.5 Å². The zero-order chi connectivity index (χ0) is 30.1. The first-order chi connectivity index (χ1) is 20.0. The highest BCUT2D eigenvalue weighted by Crippen LogP contribution is 2.40. The van der Waals surface area contributed by atoms with E-state index in [1.807, 2.05) is 30.3 Å². The maximum Gasteiger partial charge on any atom is 0.477 e. The minimum Gasteiger partial charge on any atom is -0.497 e. The minimum absolute atomic E-state index is 0.172. The minimum atomic E-state index is -4.22. The lowest BCUT2D eigenvalue weighted by Crippen LogP contribution is -2.61. The number of halogens is 2. The van der Waals surface area contributed by atoms with Crippen molar-refractivity contribution in [2.24, 2.45) is 0 Å². The number of piperidine rings is 1. The molecule has 1 aromatic heterocycles. The summed E-state index contributed by atoms with van der Waals surface area (Å²) >= 11 is 12.7. The highest BCUT2D eigenvalue weighted by atomic mass is 35.5. The molecule has 2 aromatic carbocycles. The van der Waals surface area contributed by atoms with Crippen molar-refractivity contribution in [2.75, 3.05) is 40.8 Å². The Kier molecular flexibility index (Phi) is 8.83. The van der Waals surface area contributed by atoms with Gasteiger partial charge < -0.3 is 4.74 Å². The van der Waals surface area contributed by atoms with Crippen molar-refractivity contribution in [3.8, 4) is 11.4 Å². The number of ether oxygens (including phenoxy) is 1. The van der Waals surface area contributed by atoms with Crippen LogP contribution in [0, 0.1) is 0 Å². The van der Waals surface area contributed by atoms with Crippen LogP contribution < -0.4 is 10.2 Å². The standard InChI is InChI=1S/C28H32Cl2N6O5S/c1-33(2)42(38,39)36(41-28(37)32-34-13-5-4-6-14-34)18-21(15-20-7-10-24(40-3)11-8-20)27-22(19-36)17-31-35(27)26-12-9-23(29)16-25(26)30/h7-12,15-17H,4-6,13-14,18-19H2,1-3H3/p+1/b21-15+. The fourth-order valence-corrected chi connectivity index (χ4v) is 7.07. The molecule has 11 nitrogen and oxygen atoms in total. The molecule has 1 amide bonds. The Morgan fingerprint density at radius 1 is 1.07 bits per heavy atom. The van der Waals surface area contributed by atoms with Gasteiger partial charge >= 0.3 is 16.3 Å². The number of hydroxylamine groups is 2. The summed E-state index contributed by atoms with van der Waals surface area (Å²) in [6, 6.07) is 12.4. The average molecular weight is 637 g/mol. The van der Waals surface area contributed by atoms with E-state index in [0.717, 1.165) is 29.1 Å². The molecule has 0 bridgehead atoms. The van der Waals surface area contributed by atoms with E-state index in [0.29, 0.717) is 51.4 Å². The number of benzene rings is 2. The van der Waals surface area contributed by atoms with E-state index in [-0.39, 0.29) is 13.1 Å². The molecular formula is C28H33Cl2N6O5S+. The lowest BCUT2D eigenvalue weighted by atomic mass is 10.0. The van der Waals surface area contributed by atoms with Gasteiger partial charge in [0, 0.05) is 37.8 Å². The van der Waals surface area contributed by atoms with Gasteiger partial charge in [-0.2, -0.15) is 17.8 Å². The molecule has 1 N–H and O–H groups in total. The third-order valence-corrected chi connectivity index (χ3v) is 9.94. The SMILES string of the molecule is COc1ccc(/C=C2\C[N+](OC(=O)NN3CCCCC3)(S(=O)(=O)N(C)C)Cc3cnn(-c4ccc(Cl)cc4Cl)c32)cc1. The van der Waals surface area contributed by atoms with E-state index in [1.54, 1.807) is 41.2 Å². The highest BCUT2D eigenvalue weighted by Gasteiger charge is 2.54. The summed E-state index contributed by atoms with van der Waals surface area (Å²) in [4.78, 5) is 19.1. The van der Waals surface area contributed by atoms with Gasteiger partial charge in [0.1, 0.15) is 5.75 Å². The van der Waals surface area contributed by atoms with Crippen LogP contribution in [0.2, 0.25) is 10.0 Å². The molecule has 2 aliphatic rings. The molecule has 1 atom stereocenters. The van der Waals surface area contributed by atoms with Gasteiger partial charge in [0.25, 0.3) is 0 Å². The third-order valence-electron chi connectivity index (χ3n) is 7.30. The van der Waals surface area contributed by atoms with Crippen LogP contribution in [0.1, 0.15) is 36.1 Å². The van der Waals surface area contributed by atoms with Crippen LogP contribution in [0.25, 0.3) is 17.3 Å². The highest BCUT2D eigenvalue weighted by molar-refractivity contribution is 7.83. The maximum absolute atomic E-state index is 14.0. The summed E-state index contributed by atoms with van der Waals surface area (Å²) in [6.07, 6.45) is 5.52.